The lowest BCUT2D eigenvalue weighted by atomic mass is 9.99. The number of aromatic hydroxyl groups is 1. The lowest BCUT2D eigenvalue weighted by molar-refractivity contribution is -0.146. The molecule has 0 aliphatic carbocycles. The molecule has 2 atom stereocenters. The van der Waals surface area contributed by atoms with Gasteiger partial charge < -0.3 is 25.2 Å². The molecule has 0 radical (unpaired) electrons. The standard InChI is InChI=1S/C16H15NO6/c18-10-5-3-8(9-2-1-7-17-12(9)10)4-6-11(19)15-13(20)14(21)16(22)23-15/h1-3,5,7,11,15,18-21H,4,6H2/t11?,15-/m1/s1. The number of fused-ring (bicyclic) bond motifs is 1. The molecule has 1 aliphatic rings. The third-order valence-electron chi connectivity index (χ3n) is 3.84. The number of nitrogens with zero attached hydrogens (tertiary/aromatic N) is 1. The molecule has 0 fully saturated rings. The molecule has 1 aromatic carbocycles. The second-order valence-corrected chi connectivity index (χ2v) is 5.31. The molecule has 1 aliphatic heterocycles. The SMILES string of the molecule is O=C1O[C@H](C(O)CCc2ccc(O)c3ncccc23)C(O)=C1O. The Morgan fingerprint density at radius 2 is 2.00 bits per heavy atom. The fourth-order valence-corrected chi connectivity index (χ4v) is 2.62. The highest BCUT2D eigenvalue weighted by molar-refractivity contribution is 5.89. The first-order valence-corrected chi connectivity index (χ1v) is 7.05. The van der Waals surface area contributed by atoms with Crippen molar-refractivity contribution in [2.75, 3.05) is 0 Å². The van der Waals surface area contributed by atoms with Crippen molar-refractivity contribution in [3.05, 3.63) is 47.5 Å². The van der Waals surface area contributed by atoms with Gasteiger partial charge in [0.25, 0.3) is 0 Å². The summed E-state index contributed by atoms with van der Waals surface area (Å²) in [7, 11) is 0. The van der Waals surface area contributed by atoms with E-state index >= 15 is 0 Å². The number of aliphatic hydroxyl groups excluding tert-OH is 3. The van der Waals surface area contributed by atoms with Gasteiger partial charge in [-0.15, -0.1) is 0 Å². The molecule has 0 amide bonds. The Bertz CT molecular complexity index is 800. The summed E-state index contributed by atoms with van der Waals surface area (Å²) in [6.45, 7) is 0. The molecule has 0 spiro atoms. The summed E-state index contributed by atoms with van der Waals surface area (Å²) < 4.78 is 4.73. The maximum atomic E-state index is 11.1. The Morgan fingerprint density at radius 1 is 1.22 bits per heavy atom. The van der Waals surface area contributed by atoms with Crippen LogP contribution in [0.1, 0.15) is 12.0 Å². The number of ether oxygens (including phenoxy) is 1. The zero-order valence-corrected chi connectivity index (χ0v) is 12.0. The van der Waals surface area contributed by atoms with Gasteiger partial charge in [0.1, 0.15) is 11.3 Å². The van der Waals surface area contributed by atoms with Crippen molar-refractivity contribution < 1.29 is 30.0 Å². The number of benzene rings is 1. The number of cyclic esters (lactones) is 1. The van der Waals surface area contributed by atoms with Crippen LogP contribution in [0.15, 0.2) is 42.0 Å². The molecule has 0 saturated heterocycles. The minimum absolute atomic E-state index is 0.0696. The average molecular weight is 317 g/mol. The number of hydrogen-bond acceptors (Lipinski definition) is 7. The molecule has 7 heteroatoms. The molecule has 120 valence electrons. The third-order valence-corrected chi connectivity index (χ3v) is 3.84. The number of aromatic nitrogens is 1. The summed E-state index contributed by atoms with van der Waals surface area (Å²) >= 11 is 0. The Labute approximate surface area is 131 Å². The van der Waals surface area contributed by atoms with E-state index in [1.54, 1.807) is 18.3 Å². The van der Waals surface area contributed by atoms with Crippen molar-refractivity contribution in [2.45, 2.75) is 25.0 Å². The number of carbonyl (C=O) groups excluding carboxylic acids is 1. The molecule has 2 heterocycles. The summed E-state index contributed by atoms with van der Waals surface area (Å²) in [5.74, 6) is -2.50. The summed E-state index contributed by atoms with van der Waals surface area (Å²) in [5, 5.41) is 39.5. The summed E-state index contributed by atoms with van der Waals surface area (Å²) in [4.78, 5) is 15.3. The van der Waals surface area contributed by atoms with E-state index in [2.05, 4.69) is 4.98 Å². The largest absolute Gasteiger partial charge is 0.506 e. The topological polar surface area (TPSA) is 120 Å². The van der Waals surface area contributed by atoms with Gasteiger partial charge >= 0.3 is 5.97 Å². The third kappa shape index (κ3) is 2.66. The summed E-state index contributed by atoms with van der Waals surface area (Å²) in [5.41, 5.74) is 1.31. The van der Waals surface area contributed by atoms with Crippen LogP contribution in [0, 0.1) is 0 Å². The number of carbonyl (C=O) groups is 1. The number of rotatable bonds is 4. The molecular weight excluding hydrogens is 302 g/mol. The minimum atomic E-state index is -1.26. The Hall–Kier alpha value is -2.80. The van der Waals surface area contributed by atoms with E-state index in [9.17, 15) is 25.2 Å². The van der Waals surface area contributed by atoms with Crippen molar-refractivity contribution in [3.63, 3.8) is 0 Å². The molecule has 23 heavy (non-hydrogen) atoms. The van der Waals surface area contributed by atoms with Crippen LogP contribution in [0.2, 0.25) is 0 Å². The lowest BCUT2D eigenvalue weighted by Crippen LogP contribution is -2.29. The molecule has 0 bridgehead atoms. The molecule has 7 nitrogen and oxygen atoms in total. The summed E-state index contributed by atoms with van der Waals surface area (Å²) in [6, 6.07) is 6.80. The first-order chi connectivity index (χ1) is 11.0. The Morgan fingerprint density at radius 3 is 2.70 bits per heavy atom. The second-order valence-electron chi connectivity index (χ2n) is 5.31. The fraction of sp³-hybridized carbons (Fsp3) is 0.250. The zero-order valence-electron chi connectivity index (χ0n) is 12.0. The minimum Gasteiger partial charge on any atom is -0.506 e. The van der Waals surface area contributed by atoms with Crippen LogP contribution in [-0.2, 0) is 16.0 Å². The van der Waals surface area contributed by atoms with Crippen LogP contribution in [0.25, 0.3) is 10.9 Å². The monoisotopic (exact) mass is 317 g/mol. The molecule has 4 N–H and O–H groups in total. The van der Waals surface area contributed by atoms with Crippen LogP contribution < -0.4 is 0 Å². The van der Waals surface area contributed by atoms with Gasteiger partial charge in [0, 0.05) is 11.6 Å². The van der Waals surface area contributed by atoms with E-state index in [1.165, 1.54) is 6.07 Å². The van der Waals surface area contributed by atoms with Crippen molar-refractivity contribution in [2.24, 2.45) is 0 Å². The van der Waals surface area contributed by atoms with E-state index in [-0.39, 0.29) is 12.2 Å². The van der Waals surface area contributed by atoms with Gasteiger partial charge in [-0.1, -0.05) is 12.1 Å². The number of phenolic OH excluding ortho intramolecular Hbond substituents is 1. The van der Waals surface area contributed by atoms with Crippen LogP contribution in [0.3, 0.4) is 0 Å². The van der Waals surface area contributed by atoms with Crippen LogP contribution >= 0.6 is 0 Å². The lowest BCUT2D eigenvalue weighted by Gasteiger charge is -2.17. The second kappa shape index (κ2) is 5.77. The first-order valence-electron chi connectivity index (χ1n) is 7.05. The maximum Gasteiger partial charge on any atom is 0.377 e. The molecule has 3 rings (SSSR count). The molecule has 2 aromatic rings. The number of pyridine rings is 1. The number of hydrogen-bond donors (Lipinski definition) is 4. The van der Waals surface area contributed by atoms with E-state index in [1.807, 2.05) is 6.07 Å². The van der Waals surface area contributed by atoms with E-state index in [0.717, 1.165) is 10.9 Å². The predicted octanol–water partition coefficient (Wildman–Crippen LogP) is 1.49. The van der Waals surface area contributed by atoms with Gasteiger partial charge in [-0.05, 0) is 30.5 Å². The van der Waals surface area contributed by atoms with Crippen LogP contribution in [-0.4, -0.2) is 43.6 Å². The first kappa shape index (κ1) is 15.1. The van der Waals surface area contributed by atoms with Gasteiger partial charge in [-0.25, -0.2) is 4.79 Å². The average Bonchev–Trinajstić information content (AvgIpc) is 2.82. The Balaban J connectivity index is 1.77. The number of aliphatic hydroxyl groups is 3. The van der Waals surface area contributed by atoms with E-state index in [0.29, 0.717) is 11.9 Å². The Kier molecular flexibility index (Phi) is 3.79. The maximum absolute atomic E-state index is 11.1. The highest BCUT2D eigenvalue weighted by atomic mass is 16.6. The van der Waals surface area contributed by atoms with Crippen molar-refractivity contribution in [1.82, 2.24) is 4.98 Å². The molecule has 0 saturated carbocycles. The van der Waals surface area contributed by atoms with Crippen LogP contribution in [0.4, 0.5) is 0 Å². The van der Waals surface area contributed by atoms with Gasteiger partial charge in [0.2, 0.25) is 5.76 Å². The van der Waals surface area contributed by atoms with E-state index < -0.39 is 29.7 Å². The molecular formula is C16H15NO6. The number of esters is 1. The number of phenols is 1. The van der Waals surface area contributed by atoms with Crippen LogP contribution in [0.5, 0.6) is 5.75 Å². The zero-order chi connectivity index (χ0) is 16.6. The van der Waals surface area contributed by atoms with Gasteiger partial charge in [-0.3, -0.25) is 4.98 Å². The smallest absolute Gasteiger partial charge is 0.377 e. The highest BCUT2D eigenvalue weighted by Crippen LogP contribution is 2.28. The fourth-order valence-electron chi connectivity index (χ4n) is 2.62. The molecule has 1 unspecified atom stereocenters. The quantitative estimate of drug-likeness (QED) is 0.630. The highest BCUT2D eigenvalue weighted by Gasteiger charge is 2.38. The van der Waals surface area contributed by atoms with Gasteiger partial charge in [-0.2, -0.15) is 0 Å². The van der Waals surface area contributed by atoms with Crippen molar-refractivity contribution in [3.8, 4) is 5.75 Å². The summed E-state index contributed by atoms with van der Waals surface area (Å²) in [6.07, 6.45) is -0.256. The molecule has 1 aromatic heterocycles. The van der Waals surface area contributed by atoms with Gasteiger partial charge in [0.15, 0.2) is 11.9 Å². The van der Waals surface area contributed by atoms with Crippen molar-refractivity contribution >= 4 is 16.9 Å². The van der Waals surface area contributed by atoms with Gasteiger partial charge in [0.05, 0.1) is 6.10 Å². The normalized spacial score (nSPS) is 19.2. The predicted molar refractivity (Wildman–Crippen MR) is 79.9 cm³/mol. The van der Waals surface area contributed by atoms with E-state index in [4.69, 9.17) is 4.74 Å². The van der Waals surface area contributed by atoms with Crippen molar-refractivity contribution in [1.29, 1.82) is 0 Å². The number of aryl methyl sites for hydroxylation is 1.